The highest BCUT2D eigenvalue weighted by Gasteiger charge is 2.25. The fourth-order valence-corrected chi connectivity index (χ4v) is 10.5. The van der Waals surface area contributed by atoms with E-state index in [9.17, 15) is 5.26 Å². The maximum atomic E-state index is 10.4. The molecule has 12 aromatic rings. The van der Waals surface area contributed by atoms with Crippen LogP contribution in [-0.4, -0.2) is 0 Å². The Morgan fingerprint density at radius 1 is 0.375 bits per heavy atom. The third kappa shape index (κ3) is 7.66. The molecule has 0 N–H and O–H groups in total. The van der Waals surface area contributed by atoms with Crippen molar-refractivity contribution in [1.29, 1.82) is 5.26 Å². The van der Waals surface area contributed by atoms with Gasteiger partial charge in [0.1, 0.15) is 0 Å². The quantitative estimate of drug-likeness (QED) is 0.101. The Kier molecular flexibility index (Phi) is 11.1. The Hall–Kier alpha value is -9.74. The second-order valence-corrected chi connectivity index (χ2v) is 18.4. The highest BCUT2D eigenvalue weighted by Crippen LogP contribution is 2.50. The second kappa shape index (κ2) is 18.3. The molecule has 0 aliphatic rings. The molecule has 0 aromatic heterocycles. The van der Waals surface area contributed by atoms with Gasteiger partial charge in [0.25, 0.3) is 0 Å². The van der Waals surface area contributed by atoms with Crippen LogP contribution >= 0.6 is 0 Å². The number of nitriles is 1. The molecule has 338 valence electrons. The summed E-state index contributed by atoms with van der Waals surface area (Å²) in [7, 11) is 0. The molecule has 0 saturated heterocycles. The van der Waals surface area contributed by atoms with Crippen LogP contribution in [0.4, 0.5) is 39.8 Å². The molecule has 0 fully saturated rings. The normalized spacial score (nSPS) is 11.2. The van der Waals surface area contributed by atoms with Gasteiger partial charge in [-0.1, -0.05) is 188 Å². The van der Waals surface area contributed by atoms with Crippen LogP contribution in [0.25, 0.3) is 81.7 Å². The lowest BCUT2D eigenvalue weighted by molar-refractivity contribution is 1.26. The molecule has 4 heteroatoms. The molecule has 0 aliphatic carbocycles. The average molecular weight is 919 g/mol. The van der Waals surface area contributed by atoms with Crippen LogP contribution < -0.4 is 9.80 Å². The first-order valence-corrected chi connectivity index (χ1v) is 24.3. The van der Waals surface area contributed by atoms with Crippen LogP contribution in [0, 0.1) is 31.8 Å². The summed E-state index contributed by atoms with van der Waals surface area (Å²) < 4.78 is 0. The van der Waals surface area contributed by atoms with Gasteiger partial charge in [0.2, 0.25) is 0 Å². The van der Waals surface area contributed by atoms with E-state index < -0.39 is 0 Å². The van der Waals surface area contributed by atoms with Crippen molar-refractivity contribution in [3.63, 3.8) is 0 Å². The summed E-state index contributed by atoms with van der Waals surface area (Å²) in [6.07, 6.45) is 0. The first-order chi connectivity index (χ1) is 35.4. The third-order valence-electron chi connectivity index (χ3n) is 14.1. The summed E-state index contributed by atoms with van der Waals surface area (Å²) in [6, 6.07) is 88.0. The predicted molar refractivity (Wildman–Crippen MR) is 302 cm³/mol. The Labute approximate surface area is 420 Å². The first-order valence-electron chi connectivity index (χ1n) is 24.3. The summed E-state index contributed by atoms with van der Waals surface area (Å²) in [6.45, 7) is 12.6. The monoisotopic (exact) mass is 918 g/mol. The van der Waals surface area contributed by atoms with E-state index in [1.165, 1.54) is 10.8 Å². The molecule has 0 amide bonds. The molecule has 4 nitrogen and oxygen atoms in total. The van der Waals surface area contributed by atoms with Gasteiger partial charge in [0, 0.05) is 39.1 Å². The summed E-state index contributed by atoms with van der Waals surface area (Å²) in [4.78, 5) is 8.78. The molecule has 0 aliphatic heterocycles. The molecule has 12 aromatic carbocycles. The highest BCUT2D eigenvalue weighted by molar-refractivity contribution is 6.28. The molecule has 12 rings (SSSR count). The van der Waals surface area contributed by atoms with E-state index in [1.807, 2.05) is 48.5 Å². The van der Waals surface area contributed by atoms with Crippen LogP contribution in [0.1, 0.15) is 16.7 Å². The number of benzene rings is 12. The van der Waals surface area contributed by atoms with Gasteiger partial charge in [0.15, 0.2) is 5.69 Å². The van der Waals surface area contributed by atoms with E-state index in [0.717, 1.165) is 111 Å². The zero-order chi connectivity index (χ0) is 48.7. The van der Waals surface area contributed by atoms with Gasteiger partial charge in [-0.25, -0.2) is 4.85 Å². The number of hydrogen-bond donors (Lipinski definition) is 0. The largest absolute Gasteiger partial charge is 0.310 e. The van der Waals surface area contributed by atoms with Crippen molar-refractivity contribution < 1.29 is 0 Å². The third-order valence-corrected chi connectivity index (χ3v) is 14.1. The van der Waals surface area contributed by atoms with Crippen molar-refractivity contribution in [1.82, 2.24) is 0 Å². The van der Waals surface area contributed by atoms with Crippen LogP contribution in [0.2, 0.25) is 0 Å². The van der Waals surface area contributed by atoms with Crippen LogP contribution in [0.15, 0.2) is 243 Å². The van der Waals surface area contributed by atoms with Crippen molar-refractivity contribution in [2.45, 2.75) is 13.8 Å². The second-order valence-electron chi connectivity index (χ2n) is 18.4. The minimum atomic E-state index is 0.606. The van der Waals surface area contributed by atoms with E-state index in [1.54, 1.807) is 0 Å². The SMILES string of the molecule is [C-]#[N+]c1ccc(N(c2cc(-c3ccccc3)ccc2C)c2ccc3ccc4c(N(c5ccc(C#N)c(-c6ccccc6)c5)c5cc(-c6ccccc6)ccc5C)ccc5ccc2c3c54)cc1-c1ccccc1. The Morgan fingerprint density at radius 3 is 1.25 bits per heavy atom. The van der Waals surface area contributed by atoms with E-state index in [2.05, 4.69) is 229 Å². The minimum absolute atomic E-state index is 0.606. The number of anilines is 6. The van der Waals surface area contributed by atoms with Crippen molar-refractivity contribution in [2.75, 3.05) is 9.80 Å². The van der Waals surface area contributed by atoms with Crippen molar-refractivity contribution in [3.8, 4) is 50.6 Å². The van der Waals surface area contributed by atoms with Gasteiger partial charge in [-0.05, 0) is 140 Å². The summed E-state index contributed by atoms with van der Waals surface area (Å²) in [5, 5.41) is 17.3. The molecule has 0 unspecified atom stereocenters. The molecule has 0 heterocycles. The van der Waals surface area contributed by atoms with E-state index in [0.29, 0.717) is 11.3 Å². The number of hydrogen-bond acceptors (Lipinski definition) is 3. The summed E-state index contributed by atoms with van der Waals surface area (Å²) in [5.74, 6) is 0. The van der Waals surface area contributed by atoms with E-state index >= 15 is 0 Å². The maximum absolute atomic E-state index is 10.4. The van der Waals surface area contributed by atoms with Crippen LogP contribution in [0.3, 0.4) is 0 Å². The van der Waals surface area contributed by atoms with Crippen molar-refractivity contribution in [3.05, 3.63) is 271 Å². The molecule has 0 spiro atoms. The fraction of sp³-hybridized carbons (Fsp3) is 0.0294. The fourth-order valence-electron chi connectivity index (χ4n) is 10.5. The molecule has 72 heavy (non-hydrogen) atoms. The lowest BCUT2D eigenvalue weighted by atomic mass is 9.91. The van der Waals surface area contributed by atoms with Gasteiger partial charge >= 0.3 is 0 Å². The van der Waals surface area contributed by atoms with Crippen molar-refractivity contribution in [2.24, 2.45) is 0 Å². The van der Waals surface area contributed by atoms with Gasteiger partial charge in [-0.2, -0.15) is 5.26 Å². The van der Waals surface area contributed by atoms with Gasteiger partial charge in [-0.3, -0.25) is 0 Å². The predicted octanol–water partition coefficient (Wildman–Crippen LogP) is 19.2. The van der Waals surface area contributed by atoms with E-state index in [4.69, 9.17) is 6.57 Å². The number of rotatable bonds is 10. The lowest BCUT2D eigenvalue weighted by Crippen LogP contribution is -2.13. The zero-order valence-electron chi connectivity index (χ0n) is 39.9. The Balaban J connectivity index is 1.12. The molecule has 0 saturated carbocycles. The molecular formula is C68H46N4. The first kappa shape index (κ1) is 43.5. The molecule has 0 radical (unpaired) electrons. The average Bonchev–Trinajstić information content (AvgIpc) is 3.45. The van der Waals surface area contributed by atoms with Gasteiger partial charge < -0.3 is 9.80 Å². The highest BCUT2D eigenvalue weighted by atomic mass is 15.2. The van der Waals surface area contributed by atoms with E-state index in [-0.39, 0.29) is 0 Å². The standard InChI is InChI=1S/C68H46N4/c1-45-24-26-53(47-16-8-4-9-17-47)40-65(45)71(56-33-28-55(44-69)60(42-56)49-20-12-6-13-21-49)63-38-31-51-30-36-59-64(39-32-52-29-35-58(63)67(51)68(52)59)72(66-41-54(27-25-46(66)2)48-18-10-5-11-19-48)57-34-37-62(70-3)61(43-57)50-22-14-7-15-23-50/h4-43H,1-2H3. The summed E-state index contributed by atoms with van der Waals surface area (Å²) in [5.41, 5.74) is 17.8. The Morgan fingerprint density at radius 2 is 0.792 bits per heavy atom. The molecular weight excluding hydrogens is 873 g/mol. The van der Waals surface area contributed by atoms with Gasteiger partial charge in [-0.15, -0.1) is 0 Å². The number of aryl methyl sites for hydroxylation is 2. The number of nitrogens with zero attached hydrogens (tertiary/aromatic N) is 4. The molecule has 0 atom stereocenters. The smallest absolute Gasteiger partial charge is 0.195 e. The maximum Gasteiger partial charge on any atom is 0.195 e. The zero-order valence-corrected chi connectivity index (χ0v) is 39.9. The van der Waals surface area contributed by atoms with Gasteiger partial charge in [0.05, 0.1) is 29.6 Å². The lowest BCUT2D eigenvalue weighted by Gasteiger charge is -2.31. The van der Waals surface area contributed by atoms with Crippen molar-refractivity contribution >= 4 is 72.1 Å². The minimum Gasteiger partial charge on any atom is -0.310 e. The molecule has 0 bridgehead atoms. The van der Waals surface area contributed by atoms with Crippen LogP contribution in [-0.2, 0) is 0 Å². The topological polar surface area (TPSA) is 34.6 Å². The summed E-state index contributed by atoms with van der Waals surface area (Å²) >= 11 is 0. The van der Waals surface area contributed by atoms with Crippen LogP contribution in [0.5, 0.6) is 0 Å². The Bertz CT molecular complexity index is 3810.